The number of carbonyl (C=O) groups excluding carboxylic acids is 3. The summed E-state index contributed by atoms with van der Waals surface area (Å²) in [6.07, 6.45) is 0.114. The molecule has 1 fully saturated rings. The lowest BCUT2D eigenvalue weighted by molar-refractivity contribution is -0.134. The monoisotopic (exact) mass is 301 g/mol. The van der Waals surface area contributed by atoms with Crippen molar-refractivity contribution in [2.24, 2.45) is 5.92 Å². The molecule has 0 aliphatic carbocycles. The summed E-state index contributed by atoms with van der Waals surface area (Å²) in [4.78, 5) is 39.8. The van der Waals surface area contributed by atoms with E-state index in [1.165, 1.54) is 7.11 Å². The Hall–Kier alpha value is -1.83. The van der Waals surface area contributed by atoms with Gasteiger partial charge in [0.1, 0.15) is 11.6 Å². The van der Waals surface area contributed by atoms with E-state index in [9.17, 15) is 14.4 Å². The van der Waals surface area contributed by atoms with E-state index in [4.69, 9.17) is 4.74 Å². The highest BCUT2D eigenvalue weighted by molar-refractivity contribution is 5.87. The van der Waals surface area contributed by atoms with Crippen LogP contribution in [0.25, 0.3) is 0 Å². The number of alkyl carbamates (subject to hydrolysis) is 1. The fourth-order valence-corrected chi connectivity index (χ4v) is 2.01. The van der Waals surface area contributed by atoms with E-state index in [1.54, 1.807) is 20.8 Å². The fraction of sp³-hybridized carbons (Fsp3) is 0.769. The van der Waals surface area contributed by atoms with Crippen molar-refractivity contribution >= 4 is 17.9 Å². The molecular formula is C13H23N3O5. The van der Waals surface area contributed by atoms with Gasteiger partial charge in [-0.2, -0.15) is 0 Å². The highest BCUT2D eigenvalue weighted by Crippen LogP contribution is 2.17. The van der Waals surface area contributed by atoms with Crippen LogP contribution in [-0.4, -0.2) is 43.2 Å². The van der Waals surface area contributed by atoms with Crippen molar-refractivity contribution < 1.29 is 24.0 Å². The summed E-state index contributed by atoms with van der Waals surface area (Å²) in [5.41, 5.74) is 1.49. The van der Waals surface area contributed by atoms with Crippen LogP contribution < -0.4 is 16.1 Å². The van der Waals surface area contributed by atoms with Crippen LogP contribution in [0.15, 0.2) is 0 Å². The topological polar surface area (TPSA) is 106 Å². The summed E-state index contributed by atoms with van der Waals surface area (Å²) in [5.74, 6) is -0.952. The Labute approximate surface area is 123 Å². The van der Waals surface area contributed by atoms with Crippen LogP contribution >= 0.6 is 0 Å². The molecule has 1 aliphatic heterocycles. The molecule has 1 rings (SSSR count). The zero-order valence-corrected chi connectivity index (χ0v) is 12.8. The van der Waals surface area contributed by atoms with Crippen molar-refractivity contribution in [2.75, 3.05) is 13.7 Å². The van der Waals surface area contributed by atoms with Crippen molar-refractivity contribution in [3.8, 4) is 0 Å². The second kappa shape index (κ2) is 7.26. The van der Waals surface area contributed by atoms with Crippen LogP contribution in [-0.2, 0) is 19.2 Å². The number of hydrogen-bond donors (Lipinski definition) is 3. The highest BCUT2D eigenvalue weighted by Gasteiger charge is 2.32. The summed E-state index contributed by atoms with van der Waals surface area (Å²) >= 11 is 0. The van der Waals surface area contributed by atoms with Crippen molar-refractivity contribution in [3.05, 3.63) is 0 Å². The third-order valence-corrected chi connectivity index (χ3v) is 2.89. The molecule has 0 aromatic rings. The molecule has 1 saturated heterocycles. The Kier molecular flexibility index (Phi) is 5.95. The predicted molar refractivity (Wildman–Crippen MR) is 74.0 cm³/mol. The maximum absolute atomic E-state index is 11.9. The Morgan fingerprint density at radius 1 is 1.43 bits per heavy atom. The predicted octanol–water partition coefficient (Wildman–Crippen LogP) is 0.0835. The third kappa shape index (κ3) is 5.99. The van der Waals surface area contributed by atoms with Gasteiger partial charge in [-0.05, 0) is 33.6 Å². The standard InChI is InChI=1S/C13H23N3O5/c1-13(2,3)21-12(19)15-9(11(18)16-20-4)7-8-5-6-14-10(8)17/h8-9H,5-7H2,1-4H3,(H,14,17)(H,15,19)(H,16,18)/t8-,9-/m0/s1. The average Bonchev–Trinajstić information content (AvgIpc) is 2.72. The molecular weight excluding hydrogens is 278 g/mol. The van der Waals surface area contributed by atoms with Gasteiger partial charge in [0.25, 0.3) is 5.91 Å². The van der Waals surface area contributed by atoms with Gasteiger partial charge in [-0.1, -0.05) is 0 Å². The van der Waals surface area contributed by atoms with Gasteiger partial charge >= 0.3 is 6.09 Å². The van der Waals surface area contributed by atoms with Crippen molar-refractivity contribution in [1.82, 2.24) is 16.1 Å². The summed E-state index contributed by atoms with van der Waals surface area (Å²) in [6, 6.07) is -0.895. The van der Waals surface area contributed by atoms with E-state index in [0.717, 1.165) is 0 Å². The number of hydrogen-bond acceptors (Lipinski definition) is 5. The number of ether oxygens (including phenoxy) is 1. The highest BCUT2D eigenvalue weighted by atomic mass is 16.6. The quantitative estimate of drug-likeness (QED) is 0.624. The van der Waals surface area contributed by atoms with E-state index < -0.39 is 23.6 Å². The molecule has 0 aromatic carbocycles. The zero-order valence-electron chi connectivity index (χ0n) is 12.8. The smallest absolute Gasteiger partial charge is 0.408 e. The van der Waals surface area contributed by atoms with Crippen LogP contribution in [0.2, 0.25) is 0 Å². The van der Waals surface area contributed by atoms with Gasteiger partial charge < -0.3 is 15.4 Å². The van der Waals surface area contributed by atoms with Gasteiger partial charge in [-0.25, -0.2) is 10.3 Å². The first-order valence-electron chi connectivity index (χ1n) is 6.83. The molecule has 1 aliphatic rings. The van der Waals surface area contributed by atoms with Crippen molar-refractivity contribution in [2.45, 2.75) is 45.3 Å². The maximum Gasteiger partial charge on any atom is 0.408 e. The molecule has 120 valence electrons. The molecule has 0 saturated carbocycles. The molecule has 0 bridgehead atoms. The first-order valence-corrected chi connectivity index (χ1v) is 6.83. The van der Waals surface area contributed by atoms with Gasteiger partial charge in [0.15, 0.2) is 0 Å². The van der Waals surface area contributed by atoms with E-state index in [1.807, 2.05) is 0 Å². The van der Waals surface area contributed by atoms with Crippen molar-refractivity contribution in [3.63, 3.8) is 0 Å². The molecule has 0 spiro atoms. The Morgan fingerprint density at radius 2 is 2.10 bits per heavy atom. The van der Waals surface area contributed by atoms with Crippen LogP contribution in [0.1, 0.15) is 33.6 Å². The maximum atomic E-state index is 11.9. The molecule has 21 heavy (non-hydrogen) atoms. The van der Waals surface area contributed by atoms with Crippen LogP contribution in [0.3, 0.4) is 0 Å². The number of carbonyl (C=O) groups is 3. The minimum Gasteiger partial charge on any atom is -0.444 e. The normalized spacial score (nSPS) is 19.6. The lowest BCUT2D eigenvalue weighted by atomic mass is 9.98. The average molecular weight is 301 g/mol. The first-order chi connectivity index (χ1) is 9.73. The zero-order chi connectivity index (χ0) is 16.0. The van der Waals surface area contributed by atoms with E-state index in [-0.39, 0.29) is 18.2 Å². The number of rotatable bonds is 5. The molecule has 8 heteroatoms. The lowest BCUT2D eigenvalue weighted by Crippen LogP contribution is -2.49. The van der Waals surface area contributed by atoms with Crippen LogP contribution in [0.5, 0.6) is 0 Å². The largest absolute Gasteiger partial charge is 0.444 e. The summed E-state index contributed by atoms with van der Waals surface area (Å²) in [7, 11) is 1.30. The Bertz CT molecular complexity index is 405. The lowest BCUT2D eigenvalue weighted by Gasteiger charge is -2.24. The second-order valence-corrected chi connectivity index (χ2v) is 5.88. The molecule has 3 N–H and O–H groups in total. The first kappa shape index (κ1) is 17.2. The Morgan fingerprint density at radius 3 is 2.57 bits per heavy atom. The van der Waals surface area contributed by atoms with E-state index in [2.05, 4.69) is 21.0 Å². The SMILES string of the molecule is CONC(=O)[C@H](C[C@@H]1CCNC1=O)NC(=O)OC(C)(C)C. The molecule has 2 atom stereocenters. The molecule has 0 unspecified atom stereocenters. The van der Waals surface area contributed by atoms with Gasteiger partial charge in [-0.3, -0.25) is 14.4 Å². The second-order valence-electron chi connectivity index (χ2n) is 5.88. The third-order valence-electron chi connectivity index (χ3n) is 2.89. The van der Waals surface area contributed by atoms with Gasteiger partial charge in [0.2, 0.25) is 5.91 Å². The molecule has 3 amide bonds. The van der Waals surface area contributed by atoms with Gasteiger partial charge in [0, 0.05) is 12.5 Å². The van der Waals surface area contributed by atoms with E-state index >= 15 is 0 Å². The van der Waals surface area contributed by atoms with Crippen molar-refractivity contribution in [1.29, 1.82) is 0 Å². The Balaban J connectivity index is 2.66. The summed E-state index contributed by atoms with van der Waals surface area (Å²) in [5, 5.41) is 5.16. The minimum atomic E-state index is -0.895. The van der Waals surface area contributed by atoms with Gasteiger partial charge in [0.05, 0.1) is 7.11 Å². The molecule has 0 radical (unpaired) electrons. The van der Waals surface area contributed by atoms with E-state index in [0.29, 0.717) is 13.0 Å². The minimum absolute atomic E-state index is 0.115. The summed E-state index contributed by atoms with van der Waals surface area (Å²) < 4.78 is 5.12. The number of nitrogens with one attached hydrogen (secondary N) is 3. The summed E-state index contributed by atoms with van der Waals surface area (Å²) in [6.45, 7) is 5.75. The molecule has 1 heterocycles. The number of amides is 3. The van der Waals surface area contributed by atoms with Crippen LogP contribution in [0.4, 0.5) is 4.79 Å². The molecule has 8 nitrogen and oxygen atoms in total. The fourth-order valence-electron chi connectivity index (χ4n) is 2.01. The van der Waals surface area contributed by atoms with Crippen LogP contribution in [0, 0.1) is 5.92 Å². The molecule has 0 aromatic heterocycles. The van der Waals surface area contributed by atoms with Gasteiger partial charge in [-0.15, -0.1) is 0 Å². The number of hydroxylamine groups is 1.